The predicted octanol–water partition coefficient (Wildman–Crippen LogP) is 2.20. The van der Waals surface area contributed by atoms with Crippen LogP contribution in [0.4, 0.5) is 5.69 Å². The smallest absolute Gasteiger partial charge is 0.240 e. The Morgan fingerprint density at radius 3 is 2.95 bits per heavy atom. The van der Waals surface area contributed by atoms with E-state index in [4.69, 9.17) is 16.3 Å². The Kier molecular flexibility index (Phi) is 4.68. The second-order valence-corrected chi connectivity index (χ2v) is 6.07. The fraction of sp³-hybridized carbons (Fsp3) is 0.533. The first-order valence-corrected chi connectivity index (χ1v) is 7.14. The number of carbonyl (C=O) groups is 1. The summed E-state index contributed by atoms with van der Waals surface area (Å²) in [5.74, 6) is 0.0650. The molecule has 4 nitrogen and oxygen atoms in total. The molecule has 1 aromatic carbocycles. The van der Waals surface area contributed by atoms with Gasteiger partial charge in [-0.25, -0.2) is 0 Å². The highest BCUT2D eigenvalue weighted by molar-refractivity contribution is 6.32. The van der Waals surface area contributed by atoms with Crippen LogP contribution in [0.5, 0.6) is 0 Å². The zero-order valence-corrected chi connectivity index (χ0v) is 13.0. The number of ether oxygens (including phenoxy) is 1. The number of hydrogen-bond donors (Lipinski definition) is 1. The molecule has 0 fully saturated rings. The van der Waals surface area contributed by atoms with Crippen molar-refractivity contribution in [3.63, 3.8) is 0 Å². The lowest BCUT2D eigenvalue weighted by atomic mass is 9.87. The summed E-state index contributed by atoms with van der Waals surface area (Å²) in [6.07, 6.45) is 0. The van der Waals surface area contributed by atoms with E-state index in [0.29, 0.717) is 26.2 Å². The van der Waals surface area contributed by atoms with E-state index in [0.717, 1.165) is 16.3 Å². The molecule has 0 aromatic heterocycles. The average molecular weight is 297 g/mol. The van der Waals surface area contributed by atoms with Crippen LogP contribution in [0.1, 0.15) is 19.4 Å². The van der Waals surface area contributed by atoms with Gasteiger partial charge in [0, 0.05) is 41.9 Å². The van der Waals surface area contributed by atoms with Crippen molar-refractivity contribution >= 4 is 23.2 Å². The third-order valence-corrected chi connectivity index (χ3v) is 3.89. The van der Waals surface area contributed by atoms with Crippen LogP contribution in [-0.4, -0.2) is 39.3 Å². The number of carbonyl (C=O) groups excluding carboxylic acids is 1. The van der Waals surface area contributed by atoms with Gasteiger partial charge in [-0.15, -0.1) is 0 Å². The normalized spacial score (nSPS) is 16.3. The van der Waals surface area contributed by atoms with Crippen molar-refractivity contribution in [2.45, 2.75) is 19.3 Å². The van der Waals surface area contributed by atoms with Crippen LogP contribution in [0.25, 0.3) is 0 Å². The van der Waals surface area contributed by atoms with Crippen LogP contribution in [0.3, 0.4) is 0 Å². The zero-order valence-electron chi connectivity index (χ0n) is 12.2. The third kappa shape index (κ3) is 2.97. The lowest BCUT2D eigenvalue weighted by Gasteiger charge is -2.21. The molecule has 1 aromatic rings. The van der Waals surface area contributed by atoms with Crippen LogP contribution < -0.4 is 10.2 Å². The SMILES string of the molecule is COCCNCC(=O)N1CC(C)(C)c2c(Cl)cccc21. The maximum absolute atomic E-state index is 12.3. The molecule has 1 amide bonds. The van der Waals surface area contributed by atoms with Crippen molar-refractivity contribution in [1.82, 2.24) is 5.32 Å². The van der Waals surface area contributed by atoms with E-state index in [1.54, 1.807) is 7.11 Å². The van der Waals surface area contributed by atoms with E-state index < -0.39 is 0 Å². The second kappa shape index (κ2) is 6.12. The van der Waals surface area contributed by atoms with E-state index >= 15 is 0 Å². The van der Waals surface area contributed by atoms with Gasteiger partial charge in [-0.1, -0.05) is 31.5 Å². The molecule has 0 radical (unpaired) electrons. The molecule has 110 valence electrons. The molecule has 0 atom stereocenters. The number of rotatable bonds is 5. The summed E-state index contributed by atoms with van der Waals surface area (Å²) in [5.41, 5.74) is 1.88. The van der Waals surface area contributed by atoms with Crippen LogP contribution in [-0.2, 0) is 14.9 Å². The number of nitrogens with one attached hydrogen (secondary N) is 1. The minimum atomic E-state index is -0.115. The number of methoxy groups -OCH3 is 1. The van der Waals surface area contributed by atoms with Gasteiger partial charge in [0.25, 0.3) is 0 Å². The first kappa shape index (κ1) is 15.3. The van der Waals surface area contributed by atoms with Crippen molar-refractivity contribution in [2.75, 3.05) is 38.3 Å². The molecule has 1 aliphatic rings. The number of benzene rings is 1. The van der Waals surface area contributed by atoms with Gasteiger partial charge in [-0.3, -0.25) is 4.79 Å². The number of amides is 1. The van der Waals surface area contributed by atoms with Crippen molar-refractivity contribution in [3.8, 4) is 0 Å². The summed E-state index contributed by atoms with van der Waals surface area (Å²) >= 11 is 6.30. The molecular weight excluding hydrogens is 276 g/mol. The van der Waals surface area contributed by atoms with Crippen molar-refractivity contribution in [1.29, 1.82) is 0 Å². The Bertz CT molecular complexity index is 503. The van der Waals surface area contributed by atoms with Crippen molar-refractivity contribution in [2.24, 2.45) is 0 Å². The Labute approximate surface area is 125 Å². The summed E-state index contributed by atoms with van der Waals surface area (Å²) in [6, 6.07) is 5.73. The Morgan fingerprint density at radius 2 is 2.25 bits per heavy atom. The van der Waals surface area contributed by atoms with Gasteiger partial charge in [0.05, 0.1) is 13.2 Å². The maximum Gasteiger partial charge on any atom is 0.240 e. The molecule has 0 spiro atoms. The van der Waals surface area contributed by atoms with E-state index in [-0.39, 0.29) is 11.3 Å². The number of halogens is 1. The summed E-state index contributed by atoms with van der Waals surface area (Å²) in [6.45, 7) is 6.47. The number of nitrogens with zero attached hydrogens (tertiary/aromatic N) is 1. The molecule has 1 heterocycles. The van der Waals surface area contributed by atoms with E-state index in [9.17, 15) is 4.79 Å². The van der Waals surface area contributed by atoms with E-state index in [1.165, 1.54) is 0 Å². The van der Waals surface area contributed by atoms with Gasteiger partial charge in [0.1, 0.15) is 0 Å². The Morgan fingerprint density at radius 1 is 1.50 bits per heavy atom. The molecule has 0 saturated carbocycles. The third-order valence-electron chi connectivity index (χ3n) is 3.57. The van der Waals surface area contributed by atoms with E-state index in [2.05, 4.69) is 19.2 Å². The second-order valence-electron chi connectivity index (χ2n) is 5.67. The van der Waals surface area contributed by atoms with Gasteiger partial charge < -0.3 is 15.0 Å². The van der Waals surface area contributed by atoms with Crippen LogP contribution in [0.15, 0.2) is 18.2 Å². The summed E-state index contributed by atoms with van der Waals surface area (Å²) in [7, 11) is 1.64. The van der Waals surface area contributed by atoms with E-state index in [1.807, 2.05) is 23.1 Å². The van der Waals surface area contributed by atoms with Crippen LogP contribution in [0, 0.1) is 0 Å². The molecule has 5 heteroatoms. The summed E-state index contributed by atoms with van der Waals surface area (Å²) in [5, 5.41) is 3.82. The minimum Gasteiger partial charge on any atom is -0.383 e. The fourth-order valence-electron chi connectivity index (χ4n) is 2.65. The van der Waals surface area contributed by atoms with Gasteiger partial charge >= 0.3 is 0 Å². The first-order chi connectivity index (χ1) is 9.47. The van der Waals surface area contributed by atoms with Crippen molar-refractivity contribution < 1.29 is 9.53 Å². The highest BCUT2D eigenvalue weighted by atomic mass is 35.5. The lowest BCUT2D eigenvalue weighted by Crippen LogP contribution is -2.40. The molecule has 0 unspecified atom stereocenters. The molecule has 0 saturated heterocycles. The summed E-state index contributed by atoms with van der Waals surface area (Å²) in [4.78, 5) is 14.2. The molecule has 0 aliphatic carbocycles. The zero-order chi connectivity index (χ0) is 14.8. The molecule has 1 aliphatic heterocycles. The highest BCUT2D eigenvalue weighted by Gasteiger charge is 2.39. The molecular formula is C15H21ClN2O2. The van der Waals surface area contributed by atoms with Gasteiger partial charge in [-0.05, 0) is 12.1 Å². The monoisotopic (exact) mass is 296 g/mol. The number of hydrogen-bond acceptors (Lipinski definition) is 3. The Balaban J connectivity index is 2.12. The Hall–Kier alpha value is -1.10. The number of fused-ring (bicyclic) bond motifs is 1. The maximum atomic E-state index is 12.3. The van der Waals surface area contributed by atoms with Crippen LogP contribution >= 0.6 is 11.6 Å². The molecule has 2 rings (SSSR count). The molecule has 20 heavy (non-hydrogen) atoms. The largest absolute Gasteiger partial charge is 0.383 e. The standard InChI is InChI=1S/C15H21ClN2O2/c1-15(2)10-18(13(19)9-17-7-8-20-3)12-6-4-5-11(16)14(12)15/h4-6,17H,7-10H2,1-3H3. The minimum absolute atomic E-state index is 0.0650. The van der Waals surface area contributed by atoms with Gasteiger partial charge in [-0.2, -0.15) is 0 Å². The van der Waals surface area contributed by atoms with Crippen molar-refractivity contribution in [3.05, 3.63) is 28.8 Å². The van der Waals surface area contributed by atoms with Crippen LogP contribution in [0.2, 0.25) is 5.02 Å². The fourth-order valence-corrected chi connectivity index (χ4v) is 3.08. The summed E-state index contributed by atoms with van der Waals surface area (Å²) < 4.78 is 4.95. The van der Waals surface area contributed by atoms with Gasteiger partial charge in [0.15, 0.2) is 0 Å². The topological polar surface area (TPSA) is 41.6 Å². The van der Waals surface area contributed by atoms with Gasteiger partial charge in [0.2, 0.25) is 5.91 Å². The highest BCUT2D eigenvalue weighted by Crippen LogP contribution is 2.44. The molecule has 1 N–H and O–H groups in total. The quantitative estimate of drug-likeness (QED) is 0.847. The predicted molar refractivity (Wildman–Crippen MR) is 81.6 cm³/mol. The lowest BCUT2D eigenvalue weighted by molar-refractivity contribution is -0.117. The average Bonchev–Trinajstić information content (AvgIpc) is 2.68. The number of anilines is 1. The molecule has 0 bridgehead atoms. The first-order valence-electron chi connectivity index (χ1n) is 6.76.